The SMILES string of the molecule is C=C1C[C@@]23CC[C@H]4[C@@](C)(CCC[C@@]4(C)C(=O)O[C@@H]4O[C@H](COC(=O)CC(=O)O)[C@@H](O)[C@H](O)[C@H]4O)[C@@H]2CC[C@]1(O[C@@H]1O[C@H](CO)[C@@H](O)[C@H](O)[C@H]1O)C3. The van der Waals surface area contributed by atoms with Crippen molar-refractivity contribution >= 4 is 17.9 Å². The highest BCUT2D eigenvalue weighted by Gasteiger charge is 2.69. The third kappa shape index (κ3) is 6.42. The lowest BCUT2D eigenvalue weighted by Gasteiger charge is -2.64. The minimum atomic E-state index is -1.80. The van der Waals surface area contributed by atoms with Crippen LogP contribution in [0.1, 0.15) is 78.1 Å². The lowest BCUT2D eigenvalue weighted by molar-refractivity contribution is -0.327. The molecular formula is C35H52O16. The molecule has 6 fully saturated rings. The van der Waals surface area contributed by atoms with Gasteiger partial charge in [0.2, 0.25) is 6.29 Å². The first-order chi connectivity index (χ1) is 23.9. The lowest BCUT2D eigenvalue weighted by atomic mass is 9.41. The Morgan fingerprint density at radius 1 is 0.824 bits per heavy atom. The maximum atomic E-state index is 14.2. The van der Waals surface area contributed by atoms with Crippen LogP contribution in [0.3, 0.4) is 0 Å². The Balaban J connectivity index is 1.16. The second-order valence-corrected chi connectivity index (χ2v) is 16.3. The Kier molecular flexibility index (Phi) is 10.5. The van der Waals surface area contributed by atoms with Gasteiger partial charge in [0.25, 0.3) is 0 Å². The number of hydrogen-bond acceptors (Lipinski definition) is 15. The third-order valence-electron chi connectivity index (χ3n) is 13.4. The number of rotatable bonds is 9. The van der Waals surface area contributed by atoms with Crippen molar-refractivity contribution in [2.75, 3.05) is 13.2 Å². The number of hydrogen-bond donors (Lipinski definition) is 8. The summed E-state index contributed by atoms with van der Waals surface area (Å²) in [7, 11) is 0. The number of carboxylic acid groups (broad SMARTS) is 1. The Morgan fingerprint density at radius 2 is 1.45 bits per heavy atom. The average molecular weight is 729 g/mol. The second-order valence-electron chi connectivity index (χ2n) is 16.3. The van der Waals surface area contributed by atoms with Gasteiger partial charge in [-0.1, -0.05) is 19.9 Å². The van der Waals surface area contributed by atoms with Crippen LogP contribution in [0.5, 0.6) is 0 Å². The molecule has 0 aromatic rings. The standard InChI is InChI=1S/C35H52O16/c1-16-12-34-9-5-19-32(2,20(34)6-10-35(16,15-34)51-30-28(45)25(42)23(40)17(13-36)48-30)7-4-8-33(19,3)31(46)50-29-27(44)26(43)24(41)18(49-29)14-47-22(39)11-21(37)38/h17-20,23-30,36,40-45H,1,4-15H2,2-3H3,(H,37,38)/t17-,18-,19+,20+,23-,24-,25+,26+,27-,28-,29+,30+,32-,33-,34-,35+/m1/s1. The van der Waals surface area contributed by atoms with Gasteiger partial charge in [-0.3, -0.25) is 14.4 Å². The van der Waals surface area contributed by atoms with Crippen molar-refractivity contribution in [3.63, 3.8) is 0 Å². The van der Waals surface area contributed by atoms with Crippen molar-refractivity contribution in [1.29, 1.82) is 0 Å². The van der Waals surface area contributed by atoms with Crippen molar-refractivity contribution in [3.8, 4) is 0 Å². The number of carboxylic acids is 1. The van der Waals surface area contributed by atoms with E-state index in [-0.39, 0.29) is 22.7 Å². The Hall–Kier alpha value is -2.25. The molecule has 288 valence electrons. The summed E-state index contributed by atoms with van der Waals surface area (Å²) in [5.41, 5.74) is -1.52. The molecule has 0 unspecified atom stereocenters. The van der Waals surface area contributed by atoms with Gasteiger partial charge in [-0.15, -0.1) is 0 Å². The van der Waals surface area contributed by atoms with Gasteiger partial charge in [0, 0.05) is 0 Å². The zero-order valence-corrected chi connectivity index (χ0v) is 29.0. The minimum absolute atomic E-state index is 0.126. The summed E-state index contributed by atoms with van der Waals surface area (Å²) >= 11 is 0. The summed E-state index contributed by atoms with van der Waals surface area (Å²) in [4.78, 5) is 36.7. The lowest BCUT2D eigenvalue weighted by Crippen LogP contribution is -2.63. The molecule has 0 aromatic heterocycles. The van der Waals surface area contributed by atoms with E-state index < -0.39 is 110 Å². The fraction of sp³-hybridized carbons (Fsp3) is 0.857. The molecule has 4 aliphatic carbocycles. The van der Waals surface area contributed by atoms with Crippen LogP contribution >= 0.6 is 0 Å². The number of esters is 2. The number of aliphatic hydroxyl groups excluding tert-OH is 7. The number of aliphatic hydroxyl groups is 7. The van der Waals surface area contributed by atoms with Crippen molar-refractivity contribution in [3.05, 3.63) is 12.2 Å². The van der Waals surface area contributed by atoms with Crippen LogP contribution in [0.4, 0.5) is 0 Å². The first-order valence-corrected chi connectivity index (χ1v) is 17.9. The number of fused-ring (bicyclic) bond motifs is 3. The zero-order chi connectivity index (χ0) is 37.3. The maximum absolute atomic E-state index is 14.2. The van der Waals surface area contributed by atoms with Crippen LogP contribution < -0.4 is 0 Å². The molecule has 16 heteroatoms. The smallest absolute Gasteiger partial charge is 0.317 e. The molecule has 51 heavy (non-hydrogen) atoms. The van der Waals surface area contributed by atoms with Crippen LogP contribution in [0.2, 0.25) is 0 Å². The summed E-state index contributed by atoms with van der Waals surface area (Å²) < 4.78 is 28.5. The summed E-state index contributed by atoms with van der Waals surface area (Å²) in [5.74, 6) is -3.10. The van der Waals surface area contributed by atoms with Gasteiger partial charge < -0.3 is 64.5 Å². The van der Waals surface area contributed by atoms with Gasteiger partial charge in [-0.05, 0) is 86.5 Å². The quantitative estimate of drug-likeness (QED) is 0.0630. The monoisotopic (exact) mass is 728 g/mol. The normalized spacial score (nSPS) is 49.4. The molecule has 0 aromatic carbocycles. The van der Waals surface area contributed by atoms with Crippen molar-refractivity contribution in [1.82, 2.24) is 0 Å². The van der Waals surface area contributed by atoms with Crippen LogP contribution in [-0.4, -0.2) is 139 Å². The topological polar surface area (TPSA) is 259 Å². The van der Waals surface area contributed by atoms with E-state index in [0.29, 0.717) is 32.1 Å². The van der Waals surface area contributed by atoms with Gasteiger partial charge >= 0.3 is 17.9 Å². The zero-order valence-electron chi connectivity index (χ0n) is 29.0. The van der Waals surface area contributed by atoms with Crippen molar-refractivity contribution in [2.24, 2.45) is 28.1 Å². The van der Waals surface area contributed by atoms with E-state index in [1.54, 1.807) is 0 Å². The highest BCUT2D eigenvalue weighted by Crippen LogP contribution is 2.73. The summed E-state index contributed by atoms with van der Waals surface area (Å²) in [6, 6.07) is 0. The fourth-order valence-corrected chi connectivity index (χ4v) is 10.9. The van der Waals surface area contributed by atoms with Crippen LogP contribution in [0, 0.1) is 28.1 Å². The number of ether oxygens (including phenoxy) is 5. The molecule has 1 spiro atoms. The summed E-state index contributed by atoms with van der Waals surface area (Å²) in [6.07, 6.45) is -10.3. The van der Waals surface area contributed by atoms with E-state index in [0.717, 1.165) is 31.3 Å². The molecule has 2 aliphatic heterocycles. The van der Waals surface area contributed by atoms with Gasteiger partial charge in [-0.2, -0.15) is 0 Å². The first kappa shape index (κ1) is 38.5. The Bertz CT molecular complexity index is 1370. The Morgan fingerprint density at radius 3 is 2.12 bits per heavy atom. The molecular weight excluding hydrogens is 676 g/mol. The molecule has 4 saturated carbocycles. The Labute approximate surface area is 295 Å². The van der Waals surface area contributed by atoms with Crippen molar-refractivity contribution in [2.45, 2.75) is 145 Å². The van der Waals surface area contributed by atoms with E-state index in [2.05, 4.69) is 13.5 Å². The highest BCUT2D eigenvalue weighted by molar-refractivity contribution is 5.90. The van der Waals surface area contributed by atoms with E-state index >= 15 is 0 Å². The molecule has 6 rings (SSSR count). The fourth-order valence-electron chi connectivity index (χ4n) is 10.9. The minimum Gasteiger partial charge on any atom is -0.481 e. The number of carbonyl (C=O) groups is 3. The van der Waals surface area contributed by atoms with Gasteiger partial charge in [0.1, 0.15) is 61.9 Å². The molecule has 8 N–H and O–H groups in total. The summed E-state index contributed by atoms with van der Waals surface area (Å²) in [5, 5.41) is 81.6. The maximum Gasteiger partial charge on any atom is 0.317 e. The first-order valence-electron chi connectivity index (χ1n) is 17.9. The predicted molar refractivity (Wildman–Crippen MR) is 170 cm³/mol. The number of aliphatic carboxylic acids is 1. The van der Waals surface area contributed by atoms with Crippen molar-refractivity contribution < 1.29 is 78.9 Å². The van der Waals surface area contributed by atoms with Gasteiger partial charge in [0.15, 0.2) is 6.29 Å². The van der Waals surface area contributed by atoms with Crippen LogP contribution in [0.15, 0.2) is 12.2 Å². The third-order valence-corrected chi connectivity index (χ3v) is 13.4. The van der Waals surface area contributed by atoms with E-state index in [9.17, 15) is 50.1 Å². The molecule has 2 bridgehead atoms. The van der Waals surface area contributed by atoms with Gasteiger partial charge in [0.05, 0.1) is 17.6 Å². The largest absolute Gasteiger partial charge is 0.481 e. The molecule has 0 radical (unpaired) electrons. The molecule has 2 saturated heterocycles. The molecule has 16 nitrogen and oxygen atoms in total. The molecule has 0 amide bonds. The van der Waals surface area contributed by atoms with E-state index in [1.807, 2.05) is 6.92 Å². The highest BCUT2D eigenvalue weighted by atomic mass is 16.7. The van der Waals surface area contributed by atoms with E-state index in [1.165, 1.54) is 0 Å². The average Bonchev–Trinajstić information content (AvgIpc) is 3.27. The molecule has 6 aliphatic rings. The number of carbonyl (C=O) groups excluding carboxylic acids is 2. The molecule has 16 atom stereocenters. The van der Waals surface area contributed by atoms with E-state index in [4.69, 9.17) is 28.8 Å². The van der Waals surface area contributed by atoms with Crippen LogP contribution in [0.25, 0.3) is 0 Å². The second kappa shape index (κ2) is 13.9. The molecule has 2 heterocycles. The summed E-state index contributed by atoms with van der Waals surface area (Å²) in [6.45, 7) is 7.26. The van der Waals surface area contributed by atoms with Crippen LogP contribution in [-0.2, 0) is 38.1 Å². The predicted octanol–water partition coefficient (Wildman–Crippen LogP) is -0.737. The van der Waals surface area contributed by atoms with Gasteiger partial charge in [-0.25, -0.2) is 0 Å².